The maximum atomic E-state index is 9.66. The molecule has 0 aliphatic heterocycles. The molecule has 0 amide bonds. The van der Waals surface area contributed by atoms with E-state index < -0.39 is 6.10 Å². The standard InChI is InChI=1S/C12H14O2/c1-3-10-12(8(2)13)9-6-4-5-7-11(9)14-10/h4-8,13H,3H2,1-2H3/t8-/m0/s1. The van der Waals surface area contributed by atoms with Gasteiger partial charge < -0.3 is 9.52 Å². The quantitative estimate of drug-likeness (QED) is 0.789. The molecule has 1 aromatic carbocycles. The minimum Gasteiger partial charge on any atom is -0.461 e. The summed E-state index contributed by atoms with van der Waals surface area (Å²) < 4.78 is 5.65. The molecule has 14 heavy (non-hydrogen) atoms. The Morgan fingerprint density at radius 2 is 2.07 bits per heavy atom. The Balaban J connectivity index is 2.74. The van der Waals surface area contributed by atoms with E-state index in [9.17, 15) is 5.11 Å². The smallest absolute Gasteiger partial charge is 0.134 e. The first-order chi connectivity index (χ1) is 6.74. The molecule has 1 heterocycles. The van der Waals surface area contributed by atoms with Crippen molar-refractivity contribution in [1.82, 2.24) is 0 Å². The SMILES string of the molecule is CCc1oc2ccccc2c1[C@H](C)O. The number of benzene rings is 1. The number of aryl methyl sites for hydroxylation is 1. The second-order valence-corrected chi connectivity index (χ2v) is 3.46. The highest BCUT2D eigenvalue weighted by Gasteiger charge is 2.15. The molecule has 1 aromatic heterocycles. The number of rotatable bonds is 2. The van der Waals surface area contributed by atoms with Crippen LogP contribution in [0, 0.1) is 0 Å². The molecule has 0 saturated carbocycles. The zero-order valence-corrected chi connectivity index (χ0v) is 8.45. The van der Waals surface area contributed by atoms with Crippen LogP contribution in [0.2, 0.25) is 0 Å². The molecule has 0 saturated heterocycles. The van der Waals surface area contributed by atoms with Crippen molar-refractivity contribution in [1.29, 1.82) is 0 Å². The molecule has 0 unspecified atom stereocenters. The Kier molecular flexibility index (Phi) is 2.30. The van der Waals surface area contributed by atoms with Gasteiger partial charge in [0.05, 0.1) is 6.10 Å². The van der Waals surface area contributed by atoms with Gasteiger partial charge in [0.25, 0.3) is 0 Å². The van der Waals surface area contributed by atoms with Crippen molar-refractivity contribution in [3.63, 3.8) is 0 Å². The van der Waals surface area contributed by atoms with Gasteiger partial charge in [-0.3, -0.25) is 0 Å². The van der Waals surface area contributed by atoms with Crippen LogP contribution in [0.25, 0.3) is 11.0 Å². The van der Waals surface area contributed by atoms with Crippen molar-refractivity contribution in [2.24, 2.45) is 0 Å². The average Bonchev–Trinajstić information content (AvgIpc) is 2.55. The van der Waals surface area contributed by atoms with Crippen LogP contribution in [0.5, 0.6) is 0 Å². The maximum absolute atomic E-state index is 9.66. The highest BCUT2D eigenvalue weighted by molar-refractivity contribution is 5.82. The lowest BCUT2D eigenvalue weighted by Gasteiger charge is -2.03. The molecular weight excluding hydrogens is 176 g/mol. The van der Waals surface area contributed by atoms with Crippen molar-refractivity contribution in [3.05, 3.63) is 35.6 Å². The third-order valence-electron chi connectivity index (χ3n) is 2.45. The Labute approximate surface area is 83.2 Å². The molecule has 1 atom stereocenters. The lowest BCUT2D eigenvalue weighted by Crippen LogP contribution is -1.93. The Morgan fingerprint density at radius 1 is 1.36 bits per heavy atom. The zero-order valence-electron chi connectivity index (χ0n) is 8.45. The van der Waals surface area contributed by atoms with Crippen LogP contribution < -0.4 is 0 Å². The Morgan fingerprint density at radius 3 is 2.71 bits per heavy atom. The number of para-hydroxylation sites is 1. The molecule has 2 nitrogen and oxygen atoms in total. The lowest BCUT2D eigenvalue weighted by molar-refractivity contribution is 0.198. The Hall–Kier alpha value is -1.28. The van der Waals surface area contributed by atoms with Crippen LogP contribution in [-0.4, -0.2) is 5.11 Å². The molecule has 74 valence electrons. The monoisotopic (exact) mass is 190 g/mol. The predicted octanol–water partition coefficient (Wildman–Crippen LogP) is 3.05. The number of hydrogen-bond donors (Lipinski definition) is 1. The first-order valence-corrected chi connectivity index (χ1v) is 4.92. The summed E-state index contributed by atoms with van der Waals surface area (Å²) in [6.45, 7) is 3.81. The summed E-state index contributed by atoms with van der Waals surface area (Å²) >= 11 is 0. The average molecular weight is 190 g/mol. The fourth-order valence-electron chi connectivity index (χ4n) is 1.84. The van der Waals surface area contributed by atoms with Crippen LogP contribution in [0.4, 0.5) is 0 Å². The van der Waals surface area contributed by atoms with Gasteiger partial charge in [-0.1, -0.05) is 25.1 Å². The summed E-state index contributed by atoms with van der Waals surface area (Å²) in [5.41, 5.74) is 1.79. The van der Waals surface area contributed by atoms with E-state index in [1.165, 1.54) is 0 Å². The fraction of sp³-hybridized carbons (Fsp3) is 0.333. The minimum absolute atomic E-state index is 0.464. The van der Waals surface area contributed by atoms with Crippen LogP contribution in [-0.2, 0) is 6.42 Å². The molecule has 0 bridgehead atoms. The summed E-state index contributed by atoms with van der Waals surface area (Å²) in [6.07, 6.45) is 0.350. The molecular formula is C12H14O2. The van der Waals surface area contributed by atoms with Gasteiger partial charge in [-0.2, -0.15) is 0 Å². The molecule has 1 N–H and O–H groups in total. The van der Waals surface area contributed by atoms with E-state index in [2.05, 4.69) is 0 Å². The summed E-state index contributed by atoms with van der Waals surface area (Å²) in [5.74, 6) is 0.890. The molecule has 0 aliphatic rings. The van der Waals surface area contributed by atoms with E-state index in [-0.39, 0.29) is 0 Å². The van der Waals surface area contributed by atoms with Crippen molar-refractivity contribution in [3.8, 4) is 0 Å². The third-order valence-corrected chi connectivity index (χ3v) is 2.45. The first-order valence-electron chi connectivity index (χ1n) is 4.92. The highest BCUT2D eigenvalue weighted by Crippen LogP contribution is 2.30. The molecule has 0 aliphatic carbocycles. The van der Waals surface area contributed by atoms with E-state index in [0.29, 0.717) is 0 Å². The third kappa shape index (κ3) is 1.32. The first kappa shape index (κ1) is 9.28. The predicted molar refractivity (Wildman–Crippen MR) is 56.2 cm³/mol. The van der Waals surface area contributed by atoms with E-state index in [0.717, 1.165) is 28.7 Å². The number of fused-ring (bicyclic) bond motifs is 1. The van der Waals surface area contributed by atoms with Crippen LogP contribution in [0.1, 0.15) is 31.3 Å². The van der Waals surface area contributed by atoms with Crippen LogP contribution in [0.15, 0.2) is 28.7 Å². The number of hydrogen-bond acceptors (Lipinski definition) is 2. The molecule has 2 rings (SSSR count). The minimum atomic E-state index is -0.464. The second kappa shape index (κ2) is 3.46. The molecule has 0 spiro atoms. The van der Waals surface area contributed by atoms with E-state index in [4.69, 9.17) is 4.42 Å². The maximum Gasteiger partial charge on any atom is 0.134 e. The molecule has 0 radical (unpaired) electrons. The van der Waals surface area contributed by atoms with Crippen LogP contribution in [0.3, 0.4) is 0 Å². The molecule has 0 fully saturated rings. The summed E-state index contributed by atoms with van der Waals surface area (Å²) in [7, 11) is 0. The topological polar surface area (TPSA) is 33.4 Å². The van der Waals surface area contributed by atoms with E-state index in [1.807, 2.05) is 31.2 Å². The molecule has 2 heteroatoms. The number of aliphatic hydroxyl groups is 1. The zero-order chi connectivity index (χ0) is 10.1. The van der Waals surface area contributed by atoms with Crippen molar-refractivity contribution in [2.75, 3.05) is 0 Å². The van der Waals surface area contributed by atoms with Gasteiger partial charge in [-0.15, -0.1) is 0 Å². The summed E-state index contributed by atoms with van der Waals surface area (Å²) in [5, 5.41) is 10.7. The Bertz CT molecular complexity index is 441. The van der Waals surface area contributed by atoms with Gasteiger partial charge in [-0.25, -0.2) is 0 Å². The van der Waals surface area contributed by atoms with E-state index >= 15 is 0 Å². The summed E-state index contributed by atoms with van der Waals surface area (Å²) in [6, 6.07) is 7.82. The van der Waals surface area contributed by atoms with Crippen molar-refractivity contribution < 1.29 is 9.52 Å². The largest absolute Gasteiger partial charge is 0.461 e. The van der Waals surface area contributed by atoms with Gasteiger partial charge in [0.15, 0.2) is 0 Å². The molecule has 2 aromatic rings. The van der Waals surface area contributed by atoms with Gasteiger partial charge in [0.2, 0.25) is 0 Å². The van der Waals surface area contributed by atoms with Gasteiger partial charge in [-0.05, 0) is 13.0 Å². The van der Waals surface area contributed by atoms with Gasteiger partial charge in [0, 0.05) is 17.4 Å². The number of furan rings is 1. The van der Waals surface area contributed by atoms with Crippen LogP contribution >= 0.6 is 0 Å². The second-order valence-electron chi connectivity index (χ2n) is 3.46. The fourth-order valence-corrected chi connectivity index (χ4v) is 1.84. The number of aliphatic hydroxyl groups excluding tert-OH is 1. The van der Waals surface area contributed by atoms with E-state index in [1.54, 1.807) is 6.92 Å². The highest BCUT2D eigenvalue weighted by atomic mass is 16.3. The van der Waals surface area contributed by atoms with Gasteiger partial charge in [0.1, 0.15) is 11.3 Å². The van der Waals surface area contributed by atoms with Crippen molar-refractivity contribution in [2.45, 2.75) is 26.4 Å². The van der Waals surface area contributed by atoms with Crippen molar-refractivity contribution >= 4 is 11.0 Å². The lowest BCUT2D eigenvalue weighted by atomic mass is 10.1. The normalized spacial score (nSPS) is 13.4. The van der Waals surface area contributed by atoms with Gasteiger partial charge >= 0.3 is 0 Å². The summed E-state index contributed by atoms with van der Waals surface area (Å²) in [4.78, 5) is 0.